The van der Waals surface area contributed by atoms with E-state index in [0.717, 1.165) is 17.5 Å². The molecular formula is C16H19NO3. The molecular weight excluding hydrogens is 254 g/mol. The van der Waals surface area contributed by atoms with Gasteiger partial charge in [0.05, 0.1) is 0 Å². The van der Waals surface area contributed by atoms with Gasteiger partial charge in [0.2, 0.25) is 5.91 Å². The van der Waals surface area contributed by atoms with Gasteiger partial charge in [0.25, 0.3) is 0 Å². The van der Waals surface area contributed by atoms with E-state index in [-0.39, 0.29) is 17.2 Å². The number of nitrogens with zero attached hydrogens (tertiary/aromatic N) is 1. The van der Waals surface area contributed by atoms with Crippen molar-refractivity contribution in [3.63, 3.8) is 0 Å². The number of carboxylic acid groups (broad SMARTS) is 1. The lowest BCUT2D eigenvalue weighted by atomic mass is 9.93. The zero-order valence-electron chi connectivity index (χ0n) is 11.8. The molecule has 4 heteroatoms. The summed E-state index contributed by atoms with van der Waals surface area (Å²) < 4.78 is 0. The average Bonchev–Trinajstić information content (AvgIpc) is 3.05. The van der Waals surface area contributed by atoms with Crippen LogP contribution in [0.3, 0.4) is 0 Å². The fourth-order valence-electron chi connectivity index (χ4n) is 3.06. The second-order valence-corrected chi connectivity index (χ2v) is 6.54. The molecule has 2 aliphatic rings. The molecule has 0 radical (unpaired) electrons. The van der Waals surface area contributed by atoms with Gasteiger partial charge in [-0.1, -0.05) is 38.1 Å². The number of hydrogen-bond donors (Lipinski definition) is 1. The van der Waals surface area contributed by atoms with Gasteiger partial charge in [-0.2, -0.15) is 0 Å². The van der Waals surface area contributed by atoms with Gasteiger partial charge >= 0.3 is 5.97 Å². The van der Waals surface area contributed by atoms with Crippen LogP contribution in [0.1, 0.15) is 31.4 Å². The summed E-state index contributed by atoms with van der Waals surface area (Å²) in [4.78, 5) is 25.6. The van der Waals surface area contributed by atoms with Crippen LogP contribution in [-0.4, -0.2) is 27.9 Å². The third-order valence-corrected chi connectivity index (χ3v) is 4.63. The lowest BCUT2D eigenvalue weighted by molar-refractivity contribution is -0.152. The summed E-state index contributed by atoms with van der Waals surface area (Å²) in [6, 6.07) is 7.05. The molecule has 0 aromatic heterocycles. The van der Waals surface area contributed by atoms with E-state index < -0.39 is 12.0 Å². The normalized spacial score (nSPS) is 26.8. The van der Waals surface area contributed by atoms with E-state index in [9.17, 15) is 14.7 Å². The maximum Gasteiger partial charge on any atom is 0.326 e. The molecule has 0 bridgehead atoms. The van der Waals surface area contributed by atoms with Crippen LogP contribution in [0.2, 0.25) is 0 Å². The molecule has 1 heterocycles. The molecule has 0 saturated heterocycles. The van der Waals surface area contributed by atoms with Crippen molar-refractivity contribution in [2.24, 2.45) is 11.3 Å². The lowest BCUT2D eigenvalue weighted by Gasteiger charge is -2.35. The molecule has 1 aliphatic heterocycles. The van der Waals surface area contributed by atoms with Crippen molar-refractivity contribution in [3.8, 4) is 0 Å². The van der Waals surface area contributed by atoms with Gasteiger partial charge in [0.15, 0.2) is 0 Å². The smallest absolute Gasteiger partial charge is 0.326 e. The number of carbonyl (C=O) groups excluding carboxylic acids is 1. The molecule has 3 rings (SSSR count). The Balaban J connectivity index is 1.89. The minimum absolute atomic E-state index is 0.00287. The first kappa shape index (κ1) is 13.2. The van der Waals surface area contributed by atoms with Crippen LogP contribution in [-0.2, 0) is 22.6 Å². The summed E-state index contributed by atoms with van der Waals surface area (Å²) >= 11 is 0. The van der Waals surface area contributed by atoms with E-state index in [1.807, 2.05) is 24.3 Å². The van der Waals surface area contributed by atoms with Crippen molar-refractivity contribution in [2.45, 2.75) is 39.3 Å². The topological polar surface area (TPSA) is 57.6 Å². The number of benzene rings is 1. The Bertz CT molecular complexity index is 579. The molecule has 4 nitrogen and oxygen atoms in total. The van der Waals surface area contributed by atoms with Gasteiger partial charge in [0.1, 0.15) is 6.04 Å². The number of carbonyl (C=O) groups is 2. The predicted molar refractivity (Wildman–Crippen MR) is 74.0 cm³/mol. The van der Waals surface area contributed by atoms with E-state index in [1.54, 1.807) is 4.90 Å². The molecule has 20 heavy (non-hydrogen) atoms. The Morgan fingerprint density at radius 1 is 1.25 bits per heavy atom. The Kier molecular flexibility index (Phi) is 2.85. The molecule has 1 fully saturated rings. The van der Waals surface area contributed by atoms with E-state index >= 15 is 0 Å². The van der Waals surface area contributed by atoms with Crippen molar-refractivity contribution < 1.29 is 14.7 Å². The summed E-state index contributed by atoms with van der Waals surface area (Å²) in [5, 5.41) is 9.42. The van der Waals surface area contributed by atoms with Crippen molar-refractivity contribution in [2.75, 3.05) is 0 Å². The van der Waals surface area contributed by atoms with Crippen molar-refractivity contribution in [3.05, 3.63) is 35.4 Å². The highest BCUT2D eigenvalue weighted by atomic mass is 16.4. The summed E-state index contributed by atoms with van der Waals surface area (Å²) in [6.45, 7) is 4.53. The second kappa shape index (κ2) is 4.33. The standard InChI is InChI=1S/C16H19NO3/c1-16(2)8-12(16)14(18)17-9-11-6-4-3-5-10(11)7-13(17)15(19)20/h3-6,12-13H,7-9H2,1-2H3,(H,19,20)/t12-,13?/m1/s1. The van der Waals surface area contributed by atoms with E-state index in [0.29, 0.717) is 13.0 Å². The Morgan fingerprint density at radius 3 is 2.40 bits per heavy atom. The Labute approximate surface area is 118 Å². The minimum Gasteiger partial charge on any atom is -0.480 e. The molecule has 2 atom stereocenters. The minimum atomic E-state index is -0.911. The second-order valence-electron chi connectivity index (χ2n) is 6.54. The van der Waals surface area contributed by atoms with E-state index in [2.05, 4.69) is 13.8 Å². The highest BCUT2D eigenvalue weighted by Gasteiger charge is 2.53. The largest absolute Gasteiger partial charge is 0.480 e. The van der Waals surface area contributed by atoms with Crippen molar-refractivity contribution in [1.29, 1.82) is 0 Å². The van der Waals surface area contributed by atoms with Crippen LogP contribution in [0.15, 0.2) is 24.3 Å². The third kappa shape index (κ3) is 2.09. The number of fused-ring (bicyclic) bond motifs is 1. The van der Waals surface area contributed by atoms with Crippen LogP contribution in [0.4, 0.5) is 0 Å². The summed E-state index contributed by atoms with van der Waals surface area (Å²) in [5.41, 5.74) is 2.13. The number of aliphatic carboxylic acids is 1. The van der Waals surface area contributed by atoms with E-state index in [1.165, 1.54) is 0 Å². The summed E-state index contributed by atoms with van der Waals surface area (Å²) in [5.74, 6) is -0.933. The third-order valence-electron chi connectivity index (χ3n) is 4.63. The molecule has 1 aliphatic carbocycles. The SMILES string of the molecule is CC1(C)C[C@@H]1C(=O)N1Cc2ccccc2CC1C(=O)O. The number of carboxylic acids is 1. The number of hydrogen-bond acceptors (Lipinski definition) is 2. The van der Waals surface area contributed by atoms with Gasteiger partial charge in [-0.25, -0.2) is 4.79 Å². The Morgan fingerprint density at radius 2 is 1.85 bits per heavy atom. The van der Waals surface area contributed by atoms with Gasteiger partial charge < -0.3 is 10.0 Å². The van der Waals surface area contributed by atoms with Gasteiger partial charge in [-0.3, -0.25) is 4.79 Å². The van der Waals surface area contributed by atoms with Gasteiger partial charge in [-0.15, -0.1) is 0 Å². The fraction of sp³-hybridized carbons (Fsp3) is 0.500. The zero-order chi connectivity index (χ0) is 14.5. The van der Waals surface area contributed by atoms with Crippen LogP contribution >= 0.6 is 0 Å². The molecule has 0 spiro atoms. The van der Waals surface area contributed by atoms with Gasteiger partial charge in [0, 0.05) is 18.9 Å². The van der Waals surface area contributed by atoms with Crippen molar-refractivity contribution in [1.82, 2.24) is 4.90 Å². The van der Waals surface area contributed by atoms with E-state index in [4.69, 9.17) is 0 Å². The monoisotopic (exact) mass is 273 g/mol. The Hall–Kier alpha value is -1.84. The number of rotatable bonds is 2. The molecule has 1 amide bonds. The molecule has 1 saturated carbocycles. The molecule has 1 unspecified atom stereocenters. The van der Waals surface area contributed by atoms with Gasteiger partial charge in [-0.05, 0) is 23.0 Å². The summed E-state index contributed by atoms with van der Waals surface area (Å²) in [7, 11) is 0. The predicted octanol–water partition coefficient (Wildman–Crippen LogP) is 2.07. The summed E-state index contributed by atoms with van der Waals surface area (Å²) in [6.07, 6.45) is 1.26. The number of amides is 1. The quantitative estimate of drug-likeness (QED) is 0.897. The molecule has 106 valence electrons. The zero-order valence-corrected chi connectivity index (χ0v) is 11.8. The molecule has 1 N–H and O–H groups in total. The van der Waals surface area contributed by atoms with Crippen LogP contribution in [0.5, 0.6) is 0 Å². The average molecular weight is 273 g/mol. The molecule has 1 aromatic rings. The first-order valence-corrected chi connectivity index (χ1v) is 7.00. The molecule has 1 aromatic carbocycles. The maximum atomic E-state index is 12.6. The fourth-order valence-corrected chi connectivity index (χ4v) is 3.06. The maximum absolute atomic E-state index is 12.6. The highest BCUT2D eigenvalue weighted by molar-refractivity contribution is 5.88. The lowest BCUT2D eigenvalue weighted by Crippen LogP contribution is -2.49. The first-order valence-electron chi connectivity index (χ1n) is 7.00. The highest BCUT2D eigenvalue weighted by Crippen LogP contribution is 2.53. The first-order chi connectivity index (χ1) is 9.40. The van der Waals surface area contributed by atoms with Crippen LogP contribution < -0.4 is 0 Å². The van der Waals surface area contributed by atoms with Crippen LogP contribution in [0, 0.1) is 11.3 Å². The van der Waals surface area contributed by atoms with Crippen molar-refractivity contribution >= 4 is 11.9 Å². The van der Waals surface area contributed by atoms with Crippen LogP contribution in [0.25, 0.3) is 0 Å².